The number of hydrogen-bond donors (Lipinski definition) is 1. The molecule has 21 heavy (non-hydrogen) atoms. The Morgan fingerprint density at radius 3 is 2.57 bits per heavy atom. The standard InChI is InChI=1S/C12H14F2N2O3S2/c13-11(14)21(18,19)10-3-1-2-9(8-10)15-12(17)16-4-6-20-7-5-16/h1-3,8,11H,4-7H2,(H,15,17). The SMILES string of the molecule is O=C(Nc1cccc(S(=O)(=O)C(F)F)c1)N1CCSCC1. The third-order valence-electron chi connectivity index (χ3n) is 2.95. The fourth-order valence-corrected chi connectivity index (χ4v) is 3.49. The number of nitrogens with zero attached hydrogens (tertiary/aromatic N) is 1. The van der Waals surface area contributed by atoms with E-state index in [1.165, 1.54) is 12.1 Å². The quantitative estimate of drug-likeness (QED) is 0.919. The molecule has 0 aliphatic carbocycles. The molecular formula is C12H14F2N2O3S2. The maximum absolute atomic E-state index is 12.5. The van der Waals surface area contributed by atoms with Crippen LogP contribution in [0.25, 0.3) is 0 Å². The van der Waals surface area contributed by atoms with Crippen molar-refractivity contribution in [2.75, 3.05) is 29.9 Å². The maximum Gasteiger partial charge on any atom is 0.341 e. The summed E-state index contributed by atoms with van der Waals surface area (Å²) in [4.78, 5) is 13.1. The number of benzene rings is 1. The summed E-state index contributed by atoms with van der Waals surface area (Å²) in [7, 11) is -4.66. The topological polar surface area (TPSA) is 66.5 Å². The number of halogens is 2. The molecule has 1 aromatic rings. The minimum atomic E-state index is -4.66. The van der Waals surface area contributed by atoms with Crippen LogP contribution < -0.4 is 5.32 Å². The lowest BCUT2D eigenvalue weighted by Crippen LogP contribution is -2.40. The van der Waals surface area contributed by atoms with Gasteiger partial charge < -0.3 is 10.2 Å². The van der Waals surface area contributed by atoms with Gasteiger partial charge in [0.1, 0.15) is 0 Å². The summed E-state index contributed by atoms with van der Waals surface area (Å²) in [6, 6.07) is 4.53. The van der Waals surface area contributed by atoms with E-state index in [2.05, 4.69) is 5.32 Å². The number of amides is 2. The molecule has 1 fully saturated rings. The average Bonchev–Trinajstić information content (AvgIpc) is 2.48. The Hall–Kier alpha value is -1.35. The summed E-state index contributed by atoms with van der Waals surface area (Å²) in [6.07, 6.45) is 0. The van der Waals surface area contributed by atoms with Crippen molar-refractivity contribution in [1.82, 2.24) is 4.90 Å². The van der Waals surface area contributed by atoms with Crippen molar-refractivity contribution in [2.45, 2.75) is 10.7 Å². The third kappa shape index (κ3) is 3.85. The summed E-state index contributed by atoms with van der Waals surface area (Å²) >= 11 is 1.75. The number of hydrogen-bond acceptors (Lipinski definition) is 4. The number of thioether (sulfide) groups is 1. The number of carbonyl (C=O) groups excluding carboxylic acids is 1. The van der Waals surface area contributed by atoms with E-state index in [0.717, 1.165) is 23.6 Å². The van der Waals surface area contributed by atoms with Gasteiger partial charge in [-0.15, -0.1) is 0 Å². The third-order valence-corrected chi connectivity index (χ3v) is 5.27. The maximum atomic E-state index is 12.5. The van der Waals surface area contributed by atoms with E-state index in [9.17, 15) is 22.0 Å². The second-order valence-electron chi connectivity index (χ2n) is 4.36. The summed E-state index contributed by atoms with van der Waals surface area (Å²) in [5.41, 5.74) is 0.181. The molecular weight excluding hydrogens is 322 g/mol. The van der Waals surface area contributed by atoms with Crippen LogP contribution in [0.2, 0.25) is 0 Å². The molecule has 0 bridgehead atoms. The van der Waals surface area contributed by atoms with Crippen molar-refractivity contribution in [2.24, 2.45) is 0 Å². The number of sulfone groups is 1. The predicted molar refractivity (Wildman–Crippen MR) is 77.5 cm³/mol. The molecule has 5 nitrogen and oxygen atoms in total. The van der Waals surface area contributed by atoms with Crippen molar-refractivity contribution < 1.29 is 22.0 Å². The minimum absolute atomic E-state index is 0.181. The van der Waals surface area contributed by atoms with Crippen molar-refractivity contribution >= 4 is 33.3 Å². The number of anilines is 1. The molecule has 9 heteroatoms. The molecule has 1 aliphatic heterocycles. The lowest BCUT2D eigenvalue weighted by Gasteiger charge is -2.26. The molecule has 2 amide bonds. The molecule has 1 N–H and O–H groups in total. The fourth-order valence-electron chi connectivity index (χ4n) is 1.82. The van der Waals surface area contributed by atoms with Gasteiger partial charge in [0.15, 0.2) is 0 Å². The first-order valence-corrected chi connectivity index (χ1v) is 8.87. The molecule has 1 heterocycles. The van der Waals surface area contributed by atoms with Crippen LogP contribution in [0.15, 0.2) is 29.2 Å². The van der Waals surface area contributed by atoms with Gasteiger partial charge in [0.2, 0.25) is 9.84 Å². The second kappa shape index (κ2) is 6.61. The Balaban J connectivity index is 2.13. The van der Waals surface area contributed by atoms with E-state index in [1.54, 1.807) is 16.7 Å². The molecule has 116 valence electrons. The van der Waals surface area contributed by atoms with Gasteiger partial charge in [-0.2, -0.15) is 20.5 Å². The zero-order valence-electron chi connectivity index (χ0n) is 11.0. The van der Waals surface area contributed by atoms with Crippen molar-refractivity contribution in [3.05, 3.63) is 24.3 Å². The first-order valence-electron chi connectivity index (χ1n) is 6.17. The van der Waals surface area contributed by atoms with E-state index < -0.39 is 20.5 Å². The minimum Gasteiger partial charge on any atom is -0.323 e. The molecule has 1 aromatic carbocycles. The highest BCUT2D eigenvalue weighted by molar-refractivity contribution is 7.99. The van der Waals surface area contributed by atoms with E-state index in [4.69, 9.17) is 0 Å². The summed E-state index contributed by atoms with van der Waals surface area (Å²) in [6.45, 7) is 1.21. The number of carbonyl (C=O) groups is 1. The Morgan fingerprint density at radius 2 is 1.95 bits per heavy atom. The highest BCUT2D eigenvalue weighted by Gasteiger charge is 2.27. The van der Waals surface area contributed by atoms with Gasteiger partial charge in [-0.3, -0.25) is 0 Å². The Labute approximate surface area is 125 Å². The van der Waals surface area contributed by atoms with E-state index in [-0.39, 0.29) is 11.7 Å². The molecule has 0 unspecified atom stereocenters. The van der Waals surface area contributed by atoms with Crippen LogP contribution in [0.5, 0.6) is 0 Å². The molecule has 2 rings (SSSR count). The van der Waals surface area contributed by atoms with E-state index in [1.807, 2.05) is 0 Å². The summed E-state index contributed by atoms with van der Waals surface area (Å²) in [5, 5.41) is 2.53. The Morgan fingerprint density at radius 1 is 1.29 bits per heavy atom. The van der Waals surface area contributed by atoms with Crippen LogP contribution in [-0.4, -0.2) is 49.7 Å². The number of urea groups is 1. The smallest absolute Gasteiger partial charge is 0.323 e. The van der Waals surface area contributed by atoms with Crippen LogP contribution in [0, 0.1) is 0 Å². The van der Waals surface area contributed by atoms with Crippen LogP contribution in [0.1, 0.15) is 0 Å². The number of rotatable bonds is 3. The molecule has 0 aromatic heterocycles. The van der Waals surface area contributed by atoms with E-state index >= 15 is 0 Å². The normalized spacial score (nSPS) is 16.0. The van der Waals surface area contributed by atoms with Gasteiger partial charge >= 0.3 is 11.8 Å². The van der Waals surface area contributed by atoms with Gasteiger partial charge in [-0.1, -0.05) is 6.07 Å². The summed E-state index contributed by atoms with van der Waals surface area (Å²) < 4.78 is 47.8. The molecule has 1 aliphatic rings. The first-order chi connectivity index (χ1) is 9.91. The molecule has 0 atom stereocenters. The van der Waals surface area contributed by atoms with Gasteiger partial charge in [-0.05, 0) is 18.2 Å². The van der Waals surface area contributed by atoms with Crippen LogP contribution in [0.3, 0.4) is 0 Å². The zero-order chi connectivity index (χ0) is 15.5. The summed E-state index contributed by atoms with van der Waals surface area (Å²) in [5.74, 6) is -1.80. The predicted octanol–water partition coefficient (Wildman–Crippen LogP) is 2.26. The van der Waals surface area contributed by atoms with E-state index in [0.29, 0.717) is 13.1 Å². The lowest BCUT2D eigenvalue weighted by molar-refractivity contribution is 0.217. The number of nitrogens with one attached hydrogen (secondary N) is 1. The van der Waals surface area contributed by atoms with Gasteiger partial charge in [-0.25, -0.2) is 13.2 Å². The monoisotopic (exact) mass is 336 g/mol. The van der Waals surface area contributed by atoms with Crippen molar-refractivity contribution in [3.63, 3.8) is 0 Å². The first kappa shape index (κ1) is 16.0. The Kier molecular flexibility index (Phi) is 5.04. The van der Waals surface area contributed by atoms with Gasteiger partial charge in [0, 0.05) is 30.3 Å². The second-order valence-corrected chi connectivity index (χ2v) is 7.51. The van der Waals surface area contributed by atoms with Crippen molar-refractivity contribution in [1.29, 1.82) is 0 Å². The molecule has 0 radical (unpaired) electrons. The largest absolute Gasteiger partial charge is 0.341 e. The van der Waals surface area contributed by atoms with Crippen LogP contribution in [-0.2, 0) is 9.84 Å². The van der Waals surface area contributed by atoms with Crippen LogP contribution in [0.4, 0.5) is 19.3 Å². The van der Waals surface area contributed by atoms with Gasteiger partial charge in [0.05, 0.1) is 4.90 Å². The van der Waals surface area contributed by atoms with Crippen LogP contribution >= 0.6 is 11.8 Å². The fraction of sp³-hybridized carbons (Fsp3) is 0.417. The molecule has 1 saturated heterocycles. The van der Waals surface area contributed by atoms with Gasteiger partial charge in [0.25, 0.3) is 0 Å². The average molecular weight is 336 g/mol. The number of alkyl halides is 2. The Bertz CT molecular complexity index is 617. The highest BCUT2D eigenvalue weighted by Crippen LogP contribution is 2.22. The zero-order valence-corrected chi connectivity index (χ0v) is 12.6. The van der Waals surface area contributed by atoms with Crippen molar-refractivity contribution in [3.8, 4) is 0 Å². The molecule has 0 saturated carbocycles. The molecule has 0 spiro atoms. The lowest BCUT2D eigenvalue weighted by atomic mass is 10.3. The highest BCUT2D eigenvalue weighted by atomic mass is 32.2.